The highest BCUT2D eigenvalue weighted by Crippen LogP contribution is 2.05. The Hall–Kier alpha value is -1.25. The van der Waals surface area contributed by atoms with Crippen molar-refractivity contribution in [2.75, 3.05) is 5.84 Å². The van der Waals surface area contributed by atoms with E-state index in [-0.39, 0.29) is 5.56 Å². The summed E-state index contributed by atoms with van der Waals surface area (Å²) in [5.41, 5.74) is 2.59. The van der Waals surface area contributed by atoms with Crippen molar-refractivity contribution in [2.24, 2.45) is 0 Å². The lowest BCUT2D eigenvalue weighted by atomic mass is 10.1. The second-order valence-electron chi connectivity index (χ2n) is 3.37. The number of aromatic nitrogens is 1. The van der Waals surface area contributed by atoms with Crippen LogP contribution in [0.25, 0.3) is 0 Å². The molecule has 0 saturated heterocycles. The van der Waals surface area contributed by atoms with E-state index in [4.69, 9.17) is 5.84 Å². The van der Waals surface area contributed by atoms with Crippen LogP contribution in [0.2, 0.25) is 0 Å². The van der Waals surface area contributed by atoms with Gasteiger partial charge in [0, 0.05) is 11.3 Å². The van der Waals surface area contributed by atoms with Crippen molar-refractivity contribution < 1.29 is 0 Å². The molecule has 3 nitrogen and oxygen atoms in total. The third-order valence-electron chi connectivity index (χ3n) is 2.33. The summed E-state index contributed by atoms with van der Waals surface area (Å²) in [6, 6.07) is 1.99. The van der Waals surface area contributed by atoms with Gasteiger partial charge in [0.05, 0.1) is 0 Å². The van der Waals surface area contributed by atoms with E-state index in [2.05, 4.69) is 6.92 Å². The van der Waals surface area contributed by atoms with E-state index in [0.29, 0.717) is 0 Å². The first-order valence-electron chi connectivity index (χ1n) is 4.55. The highest BCUT2D eigenvalue weighted by atomic mass is 16.1. The quantitative estimate of drug-likeness (QED) is 0.693. The topological polar surface area (TPSA) is 48.0 Å². The van der Waals surface area contributed by atoms with Gasteiger partial charge in [0.25, 0.3) is 5.56 Å². The van der Waals surface area contributed by atoms with Crippen molar-refractivity contribution in [3.8, 4) is 0 Å². The van der Waals surface area contributed by atoms with Crippen LogP contribution < -0.4 is 11.4 Å². The highest BCUT2D eigenvalue weighted by molar-refractivity contribution is 5.25. The number of rotatable bonds is 2. The predicted molar refractivity (Wildman–Crippen MR) is 54.3 cm³/mol. The van der Waals surface area contributed by atoms with Crippen molar-refractivity contribution in [1.29, 1.82) is 0 Å². The van der Waals surface area contributed by atoms with Crippen molar-refractivity contribution in [3.05, 3.63) is 33.2 Å². The Labute approximate surface area is 78.2 Å². The predicted octanol–water partition coefficient (Wildman–Crippen LogP) is 1.13. The lowest BCUT2D eigenvalue weighted by Crippen LogP contribution is -2.32. The molecule has 0 atom stereocenters. The first-order chi connectivity index (χ1) is 6.07. The molecular weight excluding hydrogens is 164 g/mol. The molecule has 1 aromatic heterocycles. The summed E-state index contributed by atoms with van der Waals surface area (Å²) in [6.45, 7) is 5.81. The Bertz CT molecular complexity index is 366. The molecule has 0 aliphatic heterocycles. The molecule has 0 amide bonds. The van der Waals surface area contributed by atoms with Gasteiger partial charge in [0.2, 0.25) is 0 Å². The fourth-order valence-corrected chi connectivity index (χ4v) is 1.36. The lowest BCUT2D eigenvalue weighted by Gasteiger charge is -2.09. The molecule has 0 aliphatic carbocycles. The van der Waals surface area contributed by atoms with E-state index in [1.165, 1.54) is 4.68 Å². The standard InChI is InChI=1S/C10H16N2O/c1-4-5-9-6-7(2)8(3)10(13)12(9)11/h6H,4-5,11H2,1-3H3. The molecule has 3 heteroatoms. The summed E-state index contributed by atoms with van der Waals surface area (Å²) in [5.74, 6) is 5.64. The van der Waals surface area contributed by atoms with E-state index in [1.54, 1.807) is 6.92 Å². The van der Waals surface area contributed by atoms with Crippen molar-refractivity contribution >= 4 is 0 Å². The Kier molecular flexibility index (Phi) is 2.76. The molecule has 0 unspecified atom stereocenters. The van der Waals surface area contributed by atoms with Gasteiger partial charge in [-0.25, -0.2) is 4.68 Å². The minimum atomic E-state index is -0.0801. The highest BCUT2D eigenvalue weighted by Gasteiger charge is 2.05. The monoisotopic (exact) mass is 180 g/mol. The number of nitrogens with two attached hydrogens (primary N) is 1. The third-order valence-corrected chi connectivity index (χ3v) is 2.33. The fourth-order valence-electron chi connectivity index (χ4n) is 1.36. The second-order valence-corrected chi connectivity index (χ2v) is 3.37. The summed E-state index contributed by atoms with van der Waals surface area (Å²) in [5, 5.41) is 0. The van der Waals surface area contributed by atoms with E-state index < -0.39 is 0 Å². The minimum Gasteiger partial charge on any atom is -0.336 e. The van der Waals surface area contributed by atoms with Crippen LogP contribution >= 0.6 is 0 Å². The maximum atomic E-state index is 11.5. The number of hydrogen-bond acceptors (Lipinski definition) is 2. The molecule has 72 valence electrons. The maximum absolute atomic E-state index is 11.5. The first kappa shape index (κ1) is 9.84. The van der Waals surface area contributed by atoms with E-state index in [0.717, 1.165) is 29.7 Å². The average Bonchev–Trinajstić information content (AvgIpc) is 2.11. The van der Waals surface area contributed by atoms with Crippen LogP contribution in [-0.2, 0) is 6.42 Å². The number of nitrogens with zero attached hydrogens (tertiary/aromatic N) is 1. The largest absolute Gasteiger partial charge is 0.336 e. The number of hydrogen-bond donors (Lipinski definition) is 1. The van der Waals surface area contributed by atoms with Gasteiger partial charge >= 0.3 is 0 Å². The molecule has 0 aliphatic rings. The van der Waals surface area contributed by atoms with Crippen LogP contribution in [0, 0.1) is 13.8 Å². The molecule has 0 fully saturated rings. The van der Waals surface area contributed by atoms with Gasteiger partial charge in [-0.3, -0.25) is 4.79 Å². The van der Waals surface area contributed by atoms with Crippen LogP contribution in [-0.4, -0.2) is 4.68 Å². The zero-order valence-electron chi connectivity index (χ0n) is 8.42. The molecule has 1 aromatic rings. The van der Waals surface area contributed by atoms with Gasteiger partial charge < -0.3 is 5.84 Å². The van der Waals surface area contributed by atoms with Crippen LogP contribution in [0.3, 0.4) is 0 Å². The van der Waals surface area contributed by atoms with Crippen LogP contribution in [0.5, 0.6) is 0 Å². The summed E-state index contributed by atoms with van der Waals surface area (Å²) in [7, 11) is 0. The summed E-state index contributed by atoms with van der Waals surface area (Å²) < 4.78 is 1.26. The molecule has 0 radical (unpaired) electrons. The second kappa shape index (κ2) is 3.64. The van der Waals surface area contributed by atoms with Crippen LogP contribution in [0.15, 0.2) is 10.9 Å². The Morgan fingerprint density at radius 2 is 2.08 bits per heavy atom. The zero-order chi connectivity index (χ0) is 10.0. The van der Waals surface area contributed by atoms with Gasteiger partial charge in [-0.1, -0.05) is 13.3 Å². The molecule has 1 heterocycles. The smallest absolute Gasteiger partial charge is 0.272 e. The summed E-state index contributed by atoms with van der Waals surface area (Å²) >= 11 is 0. The van der Waals surface area contributed by atoms with Crippen LogP contribution in [0.4, 0.5) is 0 Å². The SMILES string of the molecule is CCCc1cc(C)c(C)c(=O)n1N. The van der Waals surface area contributed by atoms with Crippen LogP contribution in [0.1, 0.15) is 30.2 Å². The van der Waals surface area contributed by atoms with Crippen molar-refractivity contribution in [1.82, 2.24) is 4.68 Å². The number of nitrogen functional groups attached to an aromatic ring is 1. The summed E-state index contributed by atoms with van der Waals surface area (Å²) in [4.78, 5) is 11.5. The Balaban J connectivity index is 3.32. The Morgan fingerprint density at radius 3 is 2.62 bits per heavy atom. The van der Waals surface area contributed by atoms with E-state index in [1.807, 2.05) is 13.0 Å². The Morgan fingerprint density at radius 1 is 1.46 bits per heavy atom. The molecule has 0 spiro atoms. The molecule has 13 heavy (non-hydrogen) atoms. The first-order valence-corrected chi connectivity index (χ1v) is 4.55. The van der Waals surface area contributed by atoms with Gasteiger partial charge in [-0.05, 0) is 31.9 Å². The molecule has 2 N–H and O–H groups in total. The van der Waals surface area contributed by atoms with Gasteiger partial charge in [-0.2, -0.15) is 0 Å². The molecule has 0 bridgehead atoms. The van der Waals surface area contributed by atoms with Crippen molar-refractivity contribution in [2.45, 2.75) is 33.6 Å². The lowest BCUT2D eigenvalue weighted by molar-refractivity contribution is 0.775. The maximum Gasteiger partial charge on any atom is 0.272 e. The normalized spacial score (nSPS) is 10.4. The third kappa shape index (κ3) is 1.74. The molecule has 0 saturated carbocycles. The summed E-state index contributed by atoms with van der Waals surface area (Å²) in [6.07, 6.45) is 1.85. The van der Waals surface area contributed by atoms with Gasteiger partial charge in [0.1, 0.15) is 0 Å². The molecular formula is C10H16N2O. The van der Waals surface area contributed by atoms with E-state index >= 15 is 0 Å². The zero-order valence-corrected chi connectivity index (χ0v) is 8.42. The molecule has 0 aromatic carbocycles. The van der Waals surface area contributed by atoms with Gasteiger partial charge in [-0.15, -0.1) is 0 Å². The number of aryl methyl sites for hydroxylation is 2. The van der Waals surface area contributed by atoms with Gasteiger partial charge in [0.15, 0.2) is 0 Å². The van der Waals surface area contributed by atoms with Crippen molar-refractivity contribution in [3.63, 3.8) is 0 Å². The number of pyridine rings is 1. The fraction of sp³-hybridized carbons (Fsp3) is 0.500. The minimum absolute atomic E-state index is 0.0801. The van der Waals surface area contributed by atoms with E-state index in [9.17, 15) is 4.79 Å². The molecule has 1 rings (SSSR count). The average molecular weight is 180 g/mol.